The maximum Gasteiger partial charge on any atom is 0.325 e. The normalized spacial score (nSPS) is 9.87. The van der Waals surface area contributed by atoms with E-state index in [1.807, 2.05) is 0 Å². The van der Waals surface area contributed by atoms with Crippen LogP contribution in [0.5, 0.6) is 0 Å². The molecule has 0 radical (unpaired) electrons. The lowest BCUT2D eigenvalue weighted by Crippen LogP contribution is -2.15. The number of hydrogen-bond donors (Lipinski definition) is 1. The average Bonchev–Trinajstić information content (AvgIpc) is 2.21. The lowest BCUT2D eigenvalue weighted by atomic mass is 10.3. The minimum Gasteiger partial charge on any atom is -0.468 e. The summed E-state index contributed by atoms with van der Waals surface area (Å²) in [5, 5.41) is 3.91. The number of benzene rings is 1. The fourth-order valence-corrected chi connectivity index (χ4v) is 1.51. The molecule has 1 aromatic rings. The van der Waals surface area contributed by atoms with E-state index >= 15 is 0 Å². The summed E-state index contributed by atoms with van der Waals surface area (Å²) in [6, 6.07) is 3.06. The SMILES string of the molecule is COC(=O)CNc1cc(Cl)c(Cl)cc1Cl. The number of nitrogens with one attached hydrogen (secondary N) is 1. The summed E-state index contributed by atoms with van der Waals surface area (Å²) in [7, 11) is 1.31. The predicted octanol–water partition coefficient (Wildman–Crippen LogP) is 3.23. The molecule has 82 valence electrons. The van der Waals surface area contributed by atoms with Crippen molar-refractivity contribution in [2.45, 2.75) is 0 Å². The molecule has 15 heavy (non-hydrogen) atoms. The molecule has 0 aliphatic rings. The van der Waals surface area contributed by atoms with Crippen molar-refractivity contribution in [3.05, 3.63) is 27.2 Å². The lowest BCUT2D eigenvalue weighted by Gasteiger charge is -2.08. The van der Waals surface area contributed by atoms with Gasteiger partial charge < -0.3 is 10.1 Å². The van der Waals surface area contributed by atoms with Crippen molar-refractivity contribution < 1.29 is 9.53 Å². The van der Waals surface area contributed by atoms with Gasteiger partial charge >= 0.3 is 5.97 Å². The number of esters is 1. The fraction of sp³-hybridized carbons (Fsp3) is 0.222. The first-order valence-corrected chi connectivity index (χ1v) is 5.13. The molecule has 0 saturated heterocycles. The molecular weight excluding hydrogens is 260 g/mol. The van der Waals surface area contributed by atoms with Crippen LogP contribution in [0.25, 0.3) is 0 Å². The van der Waals surface area contributed by atoms with Crippen molar-refractivity contribution in [2.24, 2.45) is 0 Å². The molecule has 0 amide bonds. The second-order valence-corrected chi connectivity index (χ2v) is 3.90. The molecule has 3 nitrogen and oxygen atoms in total. The van der Waals surface area contributed by atoms with Gasteiger partial charge in [-0.3, -0.25) is 4.79 Å². The quantitative estimate of drug-likeness (QED) is 0.675. The van der Waals surface area contributed by atoms with Crippen molar-refractivity contribution in [3.63, 3.8) is 0 Å². The molecule has 0 spiro atoms. The second-order valence-electron chi connectivity index (χ2n) is 2.68. The molecule has 0 unspecified atom stereocenters. The Hall–Kier alpha value is -0.640. The van der Waals surface area contributed by atoms with Crippen LogP contribution in [0.3, 0.4) is 0 Å². The van der Waals surface area contributed by atoms with Gasteiger partial charge in [0.25, 0.3) is 0 Å². The Bertz CT molecular complexity index is 382. The summed E-state index contributed by atoms with van der Waals surface area (Å²) in [5.74, 6) is -0.392. The van der Waals surface area contributed by atoms with E-state index < -0.39 is 5.97 Å². The van der Waals surface area contributed by atoms with Crippen molar-refractivity contribution in [1.82, 2.24) is 0 Å². The molecule has 0 aliphatic heterocycles. The van der Waals surface area contributed by atoms with Crippen LogP contribution in [0.15, 0.2) is 12.1 Å². The van der Waals surface area contributed by atoms with Crippen LogP contribution in [-0.4, -0.2) is 19.6 Å². The molecule has 0 aliphatic carbocycles. The van der Waals surface area contributed by atoms with Gasteiger partial charge in [-0.2, -0.15) is 0 Å². The maximum atomic E-state index is 10.9. The van der Waals surface area contributed by atoms with Crippen LogP contribution in [0.4, 0.5) is 5.69 Å². The van der Waals surface area contributed by atoms with E-state index in [0.29, 0.717) is 20.8 Å². The molecule has 0 aromatic heterocycles. The predicted molar refractivity (Wildman–Crippen MR) is 62.0 cm³/mol. The Morgan fingerprint density at radius 2 is 1.87 bits per heavy atom. The van der Waals surface area contributed by atoms with E-state index in [9.17, 15) is 4.79 Å². The molecule has 0 saturated carbocycles. The lowest BCUT2D eigenvalue weighted by molar-refractivity contribution is -0.138. The van der Waals surface area contributed by atoms with Crippen LogP contribution >= 0.6 is 34.8 Å². The van der Waals surface area contributed by atoms with Crippen LogP contribution < -0.4 is 5.32 Å². The van der Waals surface area contributed by atoms with Gasteiger partial charge in [0.2, 0.25) is 0 Å². The molecular formula is C9H8Cl3NO2. The Labute approximate surface area is 102 Å². The number of anilines is 1. The van der Waals surface area contributed by atoms with E-state index in [2.05, 4.69) is 10.1 Å². The van der Waals surface area contributed by atoms with Crippen LogP contribution in [-0.2, 0) is 9.53 Å². The fourth-order valence-electron chi connectivity index (χ4n) is 0.898. The maximum absolute atomic E-state index is 10.9. The molecule has 0 fully saturated rings. The van der Waals surface area contributed by atoms with Gasteiger partial charge in [-0.15, -0.1) is 0 Å². The zero-order valence-corrected chi connectivity index (χ0v) is 10.1. The Kier molecular flexibility index (Phi) is 4.51. The first kappa shape index (κ1) is 12.4. The third-order valence-corrected chi connectivity index (χ3v) is 2.70. The van der Waals surface area contributed by atoms with E-state index in [4.69, 9.17) is 34.8 Å². The first-order chi connectivity index (χ1) is 7.04. The first-order valence-electron chi connectivity index (χ1n) is 4.00. The molecule has 0 atom stereocenters. The van der Waals surface area contributed by atoms with Crippen molar-refractivity contribution in [2.75, 3.05) is 19.0 Å². The summed E-state index contributed by atoms with van der Waals surface area (Å²) in [6.07, 6.45) is 0. The molecule has 1 N–H and O–H groups in total. The smallest absolute Gasteiger partial charge is 0.325 e. The molecule has 6 heteroatoms. The third kappa shape index (κ3) is 3.45. The number of carbonyl (C=O) groups is 1. The zero-order chi connectivity index (χ0) is 11.4. The highest BCUT2D eigenvalue weighted by Crippen LogP contribution is 2.31. The van der Waals surface area contributed by atoms with Crippen LogP contribution in [0.2, 0.25) is 15.1 Å². The summed E-state index contributed by atoms with van der Waals surface area (Å²) in [4.78, 5) is 10.9. The molecule has 0 bridgehead atoms. The largest absolute Gasteiger partial charge is 0.468 e. The molecule has 1 rings (SSSR count). The Balaban J connectivity index is 2.77. The highest BCUT2D eigenvalue weighted by atomic mass is 35.5. The van der Waals surface area contributed by atoms with E-state index in [1.54, 1.807) is 6.07 Å². The van der Waals surface area contributed by atoms with Gasteiger partial charge in [-0.05, 0) is 12.1 Å². The standard InChI is InChI=1S/C9H8Cl3NO2/c1-15-9(14)4-13-8-3-6(11)5(10)2-7(8)12/h2-3,13H,4H2,1H3. The van der Waals surface area contributed by atoms with Crippen molar-refractivity contribution >= 4 is 46.5 Å². The minimum absolute atomic E-state index is 0.0220. The summed E-state index contributed by atoms with van der Waals surface area (Å²) in [6.45, 7) is 0.0220. The topological polar surface area (TPSA) is 38.3 Å². The second kappa shape index (κ2) is 5.45. The van der Waals surface area contributed by atoms with Gasteiger partial charge in [0.1, 0.15) is 6.54 Å². The van der Waals surface area contributed by atoms with E-state index in [-0.39, 0.29) is 6.54 Å². The minimum atomic E-state index is -0.392. The summed E-state index contributed by atoms with van der Waals surface area (Å²) >= 11 is 17.4. The summed E-state index contributed by atoms with van der Waals surface area (Å²) in [5.41, 5.74) is 0.538. The number of ether oxygens (including phenoxy) is 1. The molecule has 1 aromatic carbocycles. The summed E-state index contributed by atoms with van der Waals surface area (Å²) < 4.78 is 4.46. The van der Waals surface area contributed by atoms with Gasteiger partial charge in [-0.25, -0.2) is 0 Å². The zero-order valence-electron chi connectivity index (χ0n) is 7.81. The number of methoxy groups -OCH3 is 1. The van der Waals surface area contributed by atoms with Crippen LogP contribution in [0.1, 0.15) is 0 Å². The Morgan fingerprint density at radius 1 is 1.27 bits per heavy atom. The van der Waals surface area contributed by atoms with Crippen molar-refractivity contribution in [1.29, 1.82) is 0 Å². The van der Waals surface area contributed by atoms with Crippen molar-refractivity contribution in [3.8, 4) is 0 Å². The Morgan fingerprint density at radius 3 is 2.47 bits per heavy atom. The number of carbonyl (C=O) groups excluding carboxylic acids is 1. The third-order valence-electron chi connectivity index (χ3n) is 1.66. The van der Waals surface area contributed by atoms with Gasteiger partial charge in [0, 0.05) is 0 Å². The van der Waals surface area contributed by atoms with Gasteiger partial charge in [-0.1, -0.05) is 34.8 Å². The highest BCUT2D eigenvalue weighted by Gasteiger charge is 2.07. The number of halogens is 3. The van der Waals surface area contributed by atoms with Gasteiger partial charge in [0.05, 0.1) is 27.9 Å². The monoisotopic (exact) mass is 267 g/mol. The average molecular weight is 269 g/mol. The number of hydrogen-bond acceptors (Lipinski definition) is 3. The van der Waals surface area contributed by atoms with Crippen LogP contribution in [0, 0.1) is 0 Å². The molecule has 0 heterocycles. The van der Waals surface area contributed by atoms with E-state index in [1.165, 1.54) is 13.2 Å². The number of rotatable bonds is 3. The highest BCUT2D eigenvalue weighted by molar-refractivity contribution is 6.44. The van der Waals surface area contributed by atoms with E-state index in [0.717, 1.165) is 0 Å². The van der Waals surface area contributed by atoms with Gasteiger partial charge in [0.15, 0.2) is 0 Å².